The average molecular weight is 515 g/mol. The van der Waals surface area contributed by atoms with Crippen molar-refractivity contribution in [3.63, 3.8) is 0 Å². The Morgan fingerprint density at radius 3 is 2.41 bits per heavy atom. The molecular formula is C25H32F2N8O2. The number of fused-ring (bicyclic) bond motifs is 1. The maximum atomic E-state index is 13.5. The zero-order valence-corrected chi connectivity index (χ0v) is 20.6. The van der Waals surface area contributed by atoms with Gasteiger partial charge in [0.15, 0.2) is 5.82 Å². The lowest BCUT2D eigenvalue weighted by Crippen LogP contribution is -2.46. The van der Waals surface area contributed by atoms with Crippen molar-refractivity contribution in [2.75, 3.05) is 62.6 Å². The van der Waals surface area contributed by atoms with Gasteiger partial charge in [-0.15, -0.1) is 0 Å². The molecule has 198 valence electrons. The Kier molecular flexibility index (Phi) is 7.99. The predicted molar refractivity (Wildman–Crippen MR) is 136 cm³/mol. The molecule has 0 atom stereocenters. The number of piperidine rings is 1. The normalized spacial score (nSPS) is 18.1. The van der Waals surface area contributed by atoms with E-state index >= 15 is 0 Å². The number of aliphatic hydroxyl groups is 2. The van der Waals surface area contributed by atoms with Gasteiger partial charge in [0, 0.05) is 70.1 Å². The van der Waals surface area contributed by atoms with Crippen LogP contribution in [-0.4, -0.2) is 98.5 Å². The molecule has 0 spiro atoms. The number of rotatable bonds is 8. The molecular weight excluding hydrogens is 482 g/mol. The molecule has 0 saturated carbocycles. The first-order chi connectivity index (χ1) is 18.0. The summed E-state index contributed by atoms with van der Waals surface area (Å²) < 4.78 is 27.0. The number of piperazine rings is 1. The number of nitrogens with zero attached hydrogens (tertiary/aromatic N) is 7. The second kappa shape index (κ2) is 11.5. The minimum atomic E-state index is -2.71. The van der Waals surface area contributed by atoms with E-state index in [2.05, 4.69) is 35.1 Å². The van der Waals surface area contributed by atoms with Crippen LogP contribution in [0.15, 0.2) is 30.6 Å². The molecule has 10 nitrogen and oxygen atoms in total. The van der Waals surface area contributed by atoms with Crippen LogP contribution in [0, 0.1) is 0 Å². The Bertz CT molecular complexity index is 1180. The second-order valence-electron chi connectivity index (χ2n) is 9.54. The van der Waals surface area contributed by atoms with Crippen LogP contribution in [0.3, 0.4) is 0 Å². The fourth-order valence-electron chi connectivity index (χ4n) is 4.79. The Labute approximate surface area is 214 Å². The molecule has 0 aliphatic carbocycles. The summed E-state index contributed by atoms with van der Waals surface area (Å²) >= 11 is 0. The summed E-state index contributed by atoms with van der Waals surface area (Å²) in [6.45, 7) is 6.54. The maximum Gasteiger partial charge on any atom is 0.280 e. The van der Waals surface area contributed by atoms with Crippen LogP contribution >= 0.6 is 0 Å². The van der Waals surface area contributed by atoms with E-state index in [1.807, 2.05) is 23.2 Å². The van der Waals surface area contributed by atoms with Crippen LogP contribution in [0.4, 0.5) is 26.4 Å². The van der Waals surface area contributed by atoms with E-state index in [1.54, 1.807) is 0 Å². The lowest BCUT2D eigenvalue weighted by Gasteiger charge is -2.34. The van der Waals surface area contributed by atoms with E-state index in [4.69, 9.17) is 5.11 Å². The molecule has 2 saturated heterocycles. The van der Waals surface area contributed by atoms with Gasteiger partial charge in [-0.05, 0) is 30.5 Å². The van der Waals surface area contributed by atoms with Crippen LogP contribution in [-0.2, 0) is 6.54 Å². The minimum Gasteiger partial charge on any atom is -0.395 e. The number of aliphatic hydroxyl groups excluding tert-OH is 2. The lowest BCUT2D eigenvalue weighted by molar-refractivity contribution is 0.108. The van der Waals surface area contributed by atoms with Crippen LogP contribution in [0.2, 0.25) is 0 Å². The summed E-state index contributed by atoms with van der Waals surface area (Å²) in [6, 6.07) is 5.20. The molecule has 0 radical (unpaired) electrons. The highest BCUT2D eigenvalue weighted by atomic mass is 19.3. The summed E-state index contributed by atoms with van der Waals surface area (Å²) in [5.74, 6) is 1.26. The summed E-state index contributed by atoms with van der Waals surface area (Å²) in [5.41, 5.74) is 1.26. The maximum absolute atomic E-state index is 13.5. The topological polar surface area (TPSA) is 114 Å². The van der Waals surface area contributed by atoms with Crippen molar-refractivity contribution < 1.29 is 19.0 Å². The zero-order valence-electron chi connectivity index (χ0n) is 20.6. The third-order valence-corrected chi connectivity index (χ3v) is 6.91. The Morgan fingerprint density at radius 1 is 0.973 bits per heavy atom. The van der Waals surface area contributed by atoms with E-state index in [0.717, 1.165) is 44.8 Å². The van der Waals surface area contributed by atoms with Crippen LogP contribution in [0.25, 0.3) is 10.9 Å². The molecule has 3 aromatic rings. The number of hydrogen-bond acceptors (Lipinski definition) is 10. The monoisotopic (exact) mass is 514 g/mol. The van der Waals surface area contributed by atoms with Crippen LogP contribution in [0.1, 0.15) is 30.5 Å². The van der Waals surface area contributed by atoms with Gasteiger partial charge in [-0.3, -0.25) is 9.80 Å². The lowest BCUT2D eigenvalue weighted by atomic mass is 10.1. The molecule has 0 aromatic carbocycles. The molecule has 5 rings (SSSR count). The number of halogens is 2. The molecule has 3 aromatic heterocycles. The van der Waals surface area contributed by atoms with E-state index in [-0.39, 0.29) is 12.3 Å². The number of nitrogens with one attached hydrogen (secondary N) is 1. The van der Waals surface area contributed by atoms with Gasteiger partial charge in [0.2, 0.25) is 5.95 Å². The van der Waals surface area contributed by atoms with Gasteiger partial charge in [0.25, 0.3) is 6.43 Å². The van der Waals surface area contributed by atoms with Gasteiger partial charge in [-0.25, -0.2) is 28.7 Å². The van der Waals surface area contributed by atoms with Crippen molar-refractivity contribution in [2.24, 2.45) is 0 Å². The van der Waals surface area contributed by atoms with Crippen molar-refractivity contribution in [3.05, 3.63) is 41.9 Å². The second-order valence-corrected chi connectivity index (χ2v) is 9.54. The largest absolute Gasteiger partial charge is 0.395 e. The van der Waals surface area contributed by atoms with E-state index in [9.17, 15) is 13.9 Å². The summed E-state index contributed by atoms with van der Waals surface area (Å²) in [6.07, 6.45) is 1.34. The molecule has 12 heteroatoms. The van der Waals surface area contributed by atoms with Crippen molar-refractivity contribution in [1.29, 1.82) is 0 Å². The molecule has 0 bridgehead atoms. The van der Waals surface area contributed by atoms with Crippen molar-refractivity contribution in [3.8, 4) is 0 Å². The van der Waals surface area contributed by atoms with Gasteiger partial charge in [-0.1, -0.05) is 6.07 Å². The van der Waals surface area contributed by atoms with Crippen molar-refractivity contribution >= 4 is 28.5 Å². The van der Waals surface area contributed by atoms with Crippen molar-refractivity contribution in [1.82, 2.24) is 29.7 Å². The number of aromatic nitrogens is 4. The van der Waals surface area contributed by atoms with Crippen LogP contribution < -0.4 is 10.2 Å². The van der Waals surface area contributed by atoms with Crippen LogP contribution in [0.5, 0.6) is 0 Å². The van der Waals surface area contributed by atoms with Gasteiger partial charge >= 0.3 is 0 Å². The smallest absolute Gasteiger partial charge is 0.280 e. The van der Waals surface area contributed by atoms with Gasteiger partial charge in [-0.2, -0.15) is 0 Å². The molecule has 2 aliphatic heterocycles. The predicted octanol–water partition coefficient (Wildman–Crippen LogP) is 2.17. The number of hydrogen-bond donors (Lipinski definition) is 3. The molecule has 2 aliphatic rings. The summed E-state index contributed by atoms with van der Waals surface area (Å²) in [5, 5.41) is 22.5. The Hall–Kier alpha value is -3.06. The zero-order chi connectivity index (χ0) is 25.8. The van der Waals surface area contributed by atoms with E-state index in [1.165, 1.54) is 12.3 Å². The van der Waals surface area contributed by atoms with Gasteiger partial charge in [0.1, 0.15) is 17.0 Å². The Balaban J connectivity index is 1.29. The summed E-state index contributed by atoms with van der Waals surface area (Å²) in [7, 11) is 0. The SMILES string of the molecule is OCCN1CCN(Cc2ccc(Nc3ncc4cc(C(F)F)nc(N5CCC(O)CC5)c4n3)nc2)CC1. The molecule has 3 N–H and O–H groups in total. The van der Waals surface area contributed by atoms with Gasteiger partial charge < -0.3 is 20.4 Å². The highest BCUT2D eigenvalue weighted by Gasteiger charge is 2.23. The molecule has 37 heavy (non-hydrogen) atoms. The summed E-state index contributed by atoms with van der Waals surface area (Å²) in [4.78, 5) is 24.2. The minimum absolute atomic E-state index is 0.191. The number of β-amino-alcohol motifs (C(OH)–C–C–N with tert-alkyl or cyclic N) is 1. The first-order valence-corrected chi connectivity index (χ1v) is 12.6. The van der Waals surface area contributed by atoms with Crippen molar-refractivity contribution in [2.45, 2.75) is 31.9 Å². The fraction of sp³-hybridized carbons (Fsp3) is 0.520. The third-order valence-electron chi connectivity index (χ3n) is 6.91. The van der Waals surface area contributed by atoms with Gasteiger partial charge in [0.05, 0.1) is 12.7 Å². The van der Waals surface area contributed by atoms with E-state index in [0.29, 0.717) is 54.4 Å². The first-order valence-electron chi connectivity index (χ1n) is 12.6. The molecule has 5 heterocycles. The van der Waals surface area contributed by atoms with E-state index < -0.39 is 12.5 Å². The highest BCUT2D eigenvalue weighted by Crippen LogP contribution is 2.30. The first kappa shape index (κ1) is 25.6. The number of alkyl halides is 2. The molecule has 0 amide bonds. The molecule has 2 fully saturated rings. The Morgan fingerprint density at radius 2 is 1.73 bits per heavy atom. The number of pyridine rings is 2. The third kappa shape index (κ3) is 6.27. The fourth-order valence-corrected chi connectivity index (χ4v) is 4.79. The average Bonchev–Trinajstić information content (AvgIpc) is 2.91. The highest BCUT2D eigenvalue weighted by molar-refractivity contribution is 5.89. The quantitative estimate of drug-likeness (QED) is 0.413. The standard InChI is InChI=1S/C25H32F2N8O2/c26-23(27)20-13-18-15-29-25(32-22(18)24(30-20)35-5-3-19(37)4-6-35)31-21-2-1-17(14-28-21)16-34-9-7-33(8-10-34)11-12-36/h1-2,13-15,19,23,36-37H,3-12,16H2,(H,28,29,31,32). The molecule has 0 unspecified atom stereocenters. The number of anilines is 3.